The van der Waals surface area contributed by atoms with Crippen molar-refractivity contribution in [2.45, 2.75) is 71.9 Å². The summed E-state index contributed by atoms with van der Waals surface area (Å²) in [5.41, 5.74) is 6.07. The second-order valence-electron chi connectivity index (χ2n) is 10.1. The highest BCUT2D eigenvalue weighted by Crippen LogP contribution is 2.34. The lowest BCUT2D eigenvalue weighted by Gasteiger charge is -2.29. The second kappa shape index (κ2) is 8.85. The molecule has 0 unspecified atom stereocenters. The fourth-order valence-electron chi connectivity index (χ4n) is 5.52. The molecule has 1 aromatic carbocycles. The van der Waals surface area contributed by atoms with Crippen LogP contribution in [0.3, 0.4) is 0 Å². The van der Waals surface area contributed by atoms with Crippen molar-refractivity contribution in [2.24, 2.45) is 13.0 Å². The Morgan fingerprint density at radius 3 is 2.50 bits per heavy atom. The third-order valence-electron chi connectivity index (χ3n) is 7.36. The molecule has 7 heteroatoms. The Balaban J connectivity index is 1.43. The molecule has 0 aliphatic heterocycles. The largest absolute Gasteiger partial charge is 0.330 e. The topological polar surface area (TPSA) is 70.5 Å². The molecule has 0 atom stereocenters. The van der Waals surface area contributed by atoms with Gasteiger partial charge in [-0.3, -0.25) is 13.8 Å². The van der Waals surface area contributed by atoms with Crippen molar-refractivity contribution in [3.63, 3.8) is 0 Å². The highest BCUT2D eigenvalue weighted by Gasteiger charge is 2.26. The zero-order chi connectivity index (χ0) is 24.0. The van der Waals surface area contributed by atoms with Crippen molar-refractivity contribution in [1.82, 2.24) is 28.9 Å². The Hall–Kier alpha value is -3.22. The summed E-state index contributed by atoms with van der Waals surface area (Å²) in [5.74, 6) is 1.51. The molecule has 7 nitrogen and oxygen atoms in total. The molecule has 0 N–H and O–H groups in total. The molecule has 1 fully saturated rings. The summed E-state index contributed by atoms with van der Waals surface area (Å²) in [6, 6.07) is 10.9. The number of hydrogen-bond donors (Lipinski definition) is 0. The van der Waals surface area contributed by atoms with Gasteiger partial charge < -0.3 is 0 Å². The molecule has 3 heterocycles. The van der Waals surface area contributed by atoms with Crippen LogP contribution in [0.1, 0.15) is 68.4 Å². The number of aromatic nitrogens is 6. The van der Waals surface area contributed by atoms with Gasteiger partial charge in [-0.1, -0.05) is 38.1 Å². The maximum atomic E-state index is 13.2. The van der Waals surface area contributed by atoms with E-state index < -0.39 is 0 Å². The number of nitrogens with zero attached hydrogens (tertiary/aromatic N) is 6. The van der Waals surface area contributed by atoms with E-state index in [-0.39, 0.29) is 5.69 Å². The van der Waals surface area contributed by atoms with Crippen LogP contribution >= 0.6 is 0 Å². The Labute approximate surface area is 200 Å². The third-order valence-corrected chi connectivity index (χ3v) is 7.36. The van der Waals surface area contributed by atoms with Crippen LogP contribution in [-0.2, 0) is 13.6 Å². The number of hydrogen-bond acceptors (Lipinski definition) is 4. The van der Waals surface area contributed by atoms with E-state index in [1.807, 2.05) is 17.7 Å². The number of fused-ring (bicyclic) bond motifs is 1. The van der Waals surface area contributed by atoms with Gasteiger partial charge in [0, 0.05) is 24.8 Å². The van der Waals surface area contributed by atoms with Crippen molar-refractivity contribution in [3.05, 3.63) is 64.0 Å². The quantitative estimate of drug-likeness (QED) is 0.414. The van der Waals surface area contributed by atoms with Gasteiger partial charge in [0.15, 0.2) is 11.5 Å². The lowest BCUT2D eigenvalue weighted by molar-refractivity contribution is 0.238. The Kier molecular flexibility index (Phi) is 5.88. The summed E-state index contributed by atoms with van der Waals surface area (Å²) in [7, 11) is 1.81. The maximum Gasteiger partial charge on any atom is 0.330 e. The summed E-state index contributed by atoms with van der Waals surface area (Å²) in [4.78, 5) is 22.7. The van der Waals surface area contributed by atoms with Crippen molar-refractivity contribution in [1.29, 1.82) is 0 Å². The molecular formula is C27H34N6O. The first-order valence-electron chi connectivity index (χ1n) is 12.4. The van der Waals surface area contributed by atoms with Gasteiger partial charge in [-0.05, 0) is 63.0 Å². The highest BCUT2D eigenvalue weighted by atomic mass is 16.1. The SMILES string of the molecule is Cc1cc(C)n(C2CCC(Cn3c(=O)n(C)c4cnc(-c5ccccc5C(C)C)nc43)CC2)n1. The van der Waals surface area contributed by atoms with E-state index >= 15 is 0 Å². The normalized spacial score (nSPS) is 18.8. The molecule has 0 spiro atoms. The highest BCUT2D eigenvalue weighted by molar-refractivity contribution is 5.74. The van der Waals surface area contributed by atoms with Crippen LogP contribution in [0.25, 0.3) is 22.6 Å². The minimum Gasteiger partial charge on any atom is -0.292 e. The Morgan fingerprint density at radius 2 is 1.82 bits per heavy atom. The van der Waals surface area contributed by atoms with E-state index in [4.69, 9.17) is 10.1 Å². The smallest absolute Gasteiger partial charge is 0.292 e. The van der Waals surface area contributed by atoms with Gasteiger partial charge in [-0.25, -0.2) is 14.8 Å². The van der Waals surface area contributed by atoms with Crippen molar-refractivity contribution >= 4 is 11.2 Å². The van der Waals surface area contributed by atoms with Gasteiger partial charge in [0.05, 0.1) is 17.9 Å². The van der Waals surface area contributed by atoms with E-state index in [0.717, 1.165) is 48.1 Å². The average Bonchev–Trinajstić information content (AvgIpc) is 3.30. The molecule has 3 aromatic heterocycles. The summed E-state index contributed by atoms with van der Waals surface area (Å²) in [6.07, 6.45) is 6.15. The Bertz CT molecular complexity index is 1380. The molecule has 0 saturated heterocycles. The van der Waals surface area contributed by atoms with E-state index in [1.54, 1.807) is 10.8 Å². The second-order valence-corrected chi connectivity index (χ2v) is 10.1. The van der Waals surface area contributed by atoms with Crippen LogP contribution in [0.2, 0.25) is 0 Å². The van der Waals surface area contributed by atoms with Crippen molar-refractivity contribution < 1.29 is 0 Å². The van der Waals surface area contributed by atoms with Gasteiger partial charge in [0.25, 0.3) is 0 Å². The first-order valence-corrected chi connectivity index (χ1v) is 12.4. The summed E-state index contributed by atoms with van der Waals surface area (Å²) >= 11 is 0. The molecule has 178 valence electrons. The van der Waals surface area contributed by atoms with Gasteiger partial charge in [0.2, 0.25) is 0 Å². The minimum atomic E-state index is -0.0146. The summed E-state index contributed by atoms with van der Waals surface area (Å²) in [6.45, 7) is 9.24. The predicted molar refractivity (Wildman–Crippen MR) is 135 cm³/mol. The molecule has 0 bridgehead atoms. The van der Waals surface area contributed by atoms with Crippen LogP contribution in [0.5, 0.6) is 0 Å². The standard InChI is InChI=1S/C27H34N6O/c1-17(2)22-8-6-7-9-23(22)25-28-15-24-26(29-25)32(27(34)31(24)5)16-20-10-12-21(13-11-20)33-19(4)14-18(3)30-33/h6-9,14-15,17,20-21H,10-13,16H2,1-5H3. The van der Waals surface area contributed by atoms with Crippen LogP contribution < -0.4 is 5.69 Å². The van der Waals surface area contributed by atoms with Gasteiger partial charge in [-0.15, -0.1) is 0 Å². The zero-order valence-corrected chi connectivity index (χ0v) is 20.8. The summed E-state index contributed by atoms with van der Waals surface area (Å²) in [5, 5.41) is 4.70. The molecule has 0 radical (unpaired) electrons. The number of benzene rings is 1. The minimum absolute atomic E-state index is 0.0146. The first-order chi connectivity index (χ1) is 16.3. The fourth-order valence-corrected chi connectivity index (χ4v) is 5.52. The van der Waals surface area contributed by atoms with Crippen LogP contribution in [0.15, 0.2) is 41.3 Å². The van der Waals surface area contributed by atoms with E-state index in [9.17, 15) is 4.79 Å². The zero-order valence-electron chi connectivity index (χ0n) is 20.8. The predicted octanol–water partition coefficient (Wildman–Crippen LogP) is 5.17. The number of rotatable bonds is 5. The monoisotopic (exact) mass is 458 g/mol. The molecular weight excluding hydrogens is 424 g/mol. The Morgan fingerprint density at radius 1 is 1.09 bits per heavy atom. The van der Waals surface area contributed by atoms with E-state index in [1.165, 1.54) is 11.3 Å². The molecule has 34 heavy (non-hydrogen) atoms. The number of imidazole rings is 1. The maximum absolute atomic E-state index is 13.2. The van der Waals surface area contributed by atoms with Crippen LogP contribution in [0, 0.1) is 19.8 Å². The fraction of sp³-hybridized carbons (Fsp3) is 0.481. The summed E-state index contributed by atoms with van der Waals surface area (Å²) < 4.78 is 5.74. The number of aryl methyl sites for hydroxylation is 3. The van der Waals surface area contributed by atoms with E-state index in [2.05, 4.69) is 61.6 Å². The first kappa shape index (κ1) is 22.6. The molecule has 1 aliphatic carbocycles. The molecule has 0 amide bonds. The van der Waals surface area contributed by atoms with Crippen molar-refractivity contribution in [2.75, 3.05) is 0 Å². The molecule has 1 saturated carbocycles. The molecule has 4 aromatic rings. The van der Waals surface area contributed by atoms with Crippen LogP contribution in [0.4, 0.5) is 0 Å². The van der Waals surface area contributed by atoms with Crippen molar-refractivity contribution in [3.8, 4) is 11.4 Å². The van der Waals surface area contributed by atoms with Gasteiger partial charge in [-0.2, -0.15) is 5.10 Å². The third kappa shape index (κ3) is 3.97. The molecule has 5 rings (SSSR count). The lowest BCUT2D eigenvalue weighted by Crippen LogP contribution is -2.28. The lowest BCUT2D eigenvalue weighted by atomic mass is 9.86. The molecule has 1 aliphatic rings. The van der Waals surface area contributed by atoms with Crippen LogP contribution in [-0.4, -0.2) is 28.9 Å². The van der Waals surface area contributed by atoms with Gasteiger partial charge >= 0.3 is 5.69 Å². The average molecular weight is 459 g/mol. The van der Waals surface area contributed by atoms with E-state index in [0.29, 0.717) is 30.2 Å². The van der Waals surface area contributed by atoms with Gasteiger partial charge in [0.1, 0.15) is 5.52 Å².